The molecule has 1 aliphatic heterocycles. The summed E-state index contributed by atoms with van der Waals surface area (Å²) < 4.78 is 0. The average molecular weight is 540 g/mol. The summed E-state index contributed by atoms with van der Waals surface area (Å²) in [5, 5.41) is 3.06. The van der Waals surface area contributed by atoms with E-state index >= 15 is 0 Å². The monoisotopic (exact) mass is 539 g/mol. The molecule has 1 atom stereocenters. The number of fused-ring (bicyclic) bond motifs is 1. The molecule has 4 amide bonds. The fraction of sp³-hybridized carbons (Fsp3) is 0.333. The van der Waals surface area contributed by atoms with Gasteiger partial charge in [-0.15, -0.1) is 0 Å². The lowest BCUT2D eigenvalue weighted by Gasteiger charge is -2.34. The molecule has 0 saturated carbocycles. The largest absolute Gasteiger partial charge is 0.350 e. The Morgan fingerprint density at radius 3 is 1.98 bits per heavy atom. The van der Waals surface area contributed by atoms with Gasteiger partial charge in [-0.1, -0.05) is 72.3 Å². The minimum atomic E-state index is -0.741. The van der Waals surface area contributed by atoms with Crippen molar-refractivity contribution in [3.63, 3.8) is 0 Å². The van der Waals surface area contributed by atoms with E-state index in [1.807, 2.05) is 82.3 Å². The van der Waals surface area contributed by atoms with Crippen molar-refractivity contribution in [3.8, 4) is 0 Å². The second-order valence-corrected chi connectivity index (χ2v) is 11.4. The van der Waals surface area contributed by atoms with E-state index in [-0.39, 0.29) is 43.1 Å². The van der Waals surface area contributed by atoms with Crippen LogP contribution in [0, 0.1) is 6.92 Å². The fourth-order valence-electron chi connectivity index (χ4n) is 4.87. The van der Waals surface area contributed by atoms with Crippen LogP contribution in [-0.4, -0.2) is 51.6 Å². The number of imide groups is 1. The van der Waals surface area contributed by atoms with Gasteiger partial charge in [0.25, 0.3) is 11.8 Å². The van der Waals surface area contributed by atoms with Gasteiger partial charge < -0.3 is 10.2 Å². The first-order valence-electron chi connectivity index (χ1n) is 13.7. The number of hydrogen-bond donors (Lipinski definition) is 1. The highest BCUT2D eigenvalue weighted by molar-refractivity contribution is 6.21. The van der Waals surface area contributed by atoms with Crippen molar-refractivity contribution >= 4 is 23.6 Å². The second kappa shape index (κ2) is 12.3. The van der Waals surface area contributed by atoms with Gasteiger partial charge in [-0.3, -0.25) is 24.1 Å². The number of nitrogens with zero attached hydrogens (tertiary/aromatic N) is 2. The number of carbonyl (C=O) groups excluding carboxylic acids is 4. The zero-order valence-electron chi connectivity index (χ0n) is 23.6. The third-order valence-corrected chi connectivity index (χ3v) is 6.89. The van der Waals surface area contributed by atoms with E-state index in [9.17, 15) is 19.2 Å². The van der Waals surface area contributed by atoms with Gasteiger partial charge >= 0.3 is 0 Å². The molecule has 0 aliphatic carbocycles. The molecule has 7 nitrogen and oxygen atoms in total. The van der Waals surface area contributed by atoms with Crippen LogP contribution in [0.15, 0.2) is 78.9 Å². The van der Waals surface area contributed by atoms with Gasteiger partial charge in [-0.2, -0.15) is 0 Å². The molecule has 3 aromatic carbocycles. The molecule has 0 unspecified atom stereocenters. The van der Waals surface area contributed by atoms with Crippen molar-refractivity contribution in [2.75, 3.05) is 6.54 Å². The first-order valence-corrected chi connectivity index (χ1v) is 13.7. The van der Waals surface area contributed by atoms with E-state index in [1.54, 1.807) is 29.2 Å². The Balaban J connectivity index is 1.55. The Morgan fingerprint density at radius 1 is 0.825 bits per heavy atom. The van der Waals surface area contributed by atoms with Gasteiger partial charge in [0, 0.05) is 31.5 Å². The summed E-state index contributed by atoms with van der Waals surface area (Å²) in [5.41, 5.74) is 3.28. The number of nitrogens with one attached hydrogen (secondary N) is 1. The molecule has 1 N–H and O–H groups in total. The molecule has 7 heteroatoms. The van der Waals surface area contributed by atoms with Gasteiger partial charge in [-0.25, -0.2) is 0 Å². The van der Waals surface area contributed by atoms with Crippen molar-refractivity contribution in [1.82, 2.24) is 15.1 Å². The highest BCUT2D eigenvalue weighted by Gasteiger charge is 2.36. The summed E-state index contributed by atoms with van der Waals surface area (Å²) in [7, 11) is 0. The quantitative estimate of drug-likeness (QED) is 0.370. The topological polar surface area (TPSA) is 86.8 Å². The van der Waals surface area contributed by atoms with Gasteiger partial charge in [0.1, 0.15) is 6.04 Å². The minimum Gasteiger partial charge on any atom is -0.350 e. The summed E-state index contributed by atoms with van der Waals surface area (Å²) in [6.07, 6.45) is 0.750. The standard InChI is InChI=1S/C33H37N3O4/c1-23-16-18-25(19-17-23)22-36(28(30(38)34-33(2,3)4)21-24-11-6-5-7-12-24)29(37)15-10-20-35-31(39)26-13-8-9-14-27(26)32(35)40/h5-9,11-14,16-19,28H,10,15,20-22H2,1-4H3,(H,34,38)/t28-/m1/s1. The lowest BCUT2D eigenvalue weighted by Crippen LogP contribution is -2.54. The molecule has 0 aromatic heterocycles. The Labute approximate surface area is 236 Å². The molecule has 0 saturated heterocycles. The fourth-order valence-corrected chi connectivity index (χ4v) is 4.87. The van der Waals surface area contributed by atoms with Crippen molar-refractivity contribution in [3.05, 3.63) is 107 Å². The van der Waals surface area contributed by atoms with Crippen molar-refractivity contribution in [1.29, 1.82) is 0 Å². The van der Waals surface area contributed by atoms with Gasteiger partial charge in [0.2, 0.25) is 11.8 Å². The zero-order chi connectivity index (χ0) is 28.9. The van der Waals surface area contributed by atoms with Crippen molar-refractivity contribution in [2.24, 2.45) is 0 Å². The van der Waals surface area contributed by atoms with Crippen molar-refractivity contribution in [2.45, 2.75) is 65.1 Å². The van der Waals surface area contributed by atoms with Crippen molar-refractivity contribution < 1.29 is 19.2 Å². The second-order valence-electron chi connectivity index (χ2n) is 11.4. The van der Waals surface area contributed by atoms with Crippen LogP contribution in [-0.2, 0) is 22.6 Å². The van der Waals surface area contributed by atoms with Gasteiger partial charge in [-0.05, 0) is 57.4 Å². The number of amides is 4. The van der Waals surface area contributed by atoms with E-state index in [1.165, 1.54) is 4.90 Å². The van der Waals surface area contributed by atoms with Crippen LogP contribution in [0.1, 0.15) is 71.0 Å². The Hall–Kier alpha value is -4.26. The van der Waals surface area contributed by atoms with Crippen LogP contribution in [0.3, 0.4) is 0 Å². The van der Waals surface area contributed by atoms with Crippen LogP contribution in [0.2, 0.25) is 0 Å². The minimum absolute atomic E-state index is 0.0906. The maximum Gasteiger partial charge on any atom is 0.261 e. The van der Waals surface area contributed by atoms with Gasteiger partial charge in [0.15, 0.2) is 0 Å². The molecule has 3 aromatic rings. The van der Waals surface area contributed by atoms with E-state index in [4.69, 9.17) is 0 Å². The summed E-state index contributed by atoms with van der Waals surface area (Å²) >= 11 is 0. The molecule has 1 heterocycles. The van der Waals surface area contributed by atoms with E-state index in [2.05, 4.69) is 5.32 Å². The summed E-state index contributed by atoms with van der Waals surface area (Å²) in [6.45, 7) is 8.15. The molecule has 0 radical (unpaired) electrons. The summed E-state index contributed by atoms with van der Waals surface area (Å²) in [5.74, 6) is -1.11. The van der Waals surface area contributed by atoms with Crippen LogP contribution >= 0.6 is 0 Å². The molecule has 40 heavy (non-hydrogen) atoms. The molecule has 4 rings (SSSR count). The summed E-state index contributed by atoms with van der Waals surface area (Å²) in [4.78, 5) is 55.9. The Kier molecular flexibility index (Phi) is 8.83. The maximum absolute atomic E-state index is 13.8. The summed E-state index contributed by atoms with van der Waals surface area (Å²) in [6, 6.07) is 23.6. The number of carbonyl (C=O) groups is 4. The number of hydrogen-bond acceptors (Lipinski definition) is 4. The molecular weight excluding hydrogens is 502 g/mol. The lowest BCUT2D eigenvalue weighted by atomic mass is 10.00. The third kappa shape index (κ3) is 7.03. The Morgan fingerprint density at radius 2 is 1.40 bits per heavy atom. The SMILES string of the molecule is Cc1ccc(CN(C(=O)CCCN2C(=O)c3ccccc3C2=O)[C@H](Cc2ccccc2)C(=O)NC(C)(C)C)cc1. The first kappa shape index (κ1) is 28.7. The number of benzene rings is 3. The van der Waals surface area contributed by atoms with Crippen LogP contribution in [0.4, 0.5) is 0 Å². The molecular formula is C33H37N3O4. The predicted molar refractivity (Wildman–Crippen MR) is 155 cm³/mol. The first-order chi connectivity index (χ1) is 19.0. The average Bonchev–Trinajstić information content (AvgIpc) is 3.16. The zero-order valence-corrected chi connectivity index (χ0v) is 23.6. The number of rotatable bonds is 10. The molecule has 0 spiro atoms. The van der Waals surface area contributed by atoms with E-state index < -0.39 is 11.6 Å². The smallest absolute Gasteiger partial charge is 0.261 e. The normalized spacial score (nSPS) is 13.7. The number of aryl methyl sites for hydroxylation is 1. The molecule has 1 aliphatic rings. The highest BCUT2D eigenvalue weighted by atomic mass is 16.2. The van der Waals surface area contributed by atoms with Crippen LogP contribution < -0.4 is 5.32 Å². The molecule has 208 valence electrons. The van der Waals surface area contributed by atoms with Crippen LogP contribution in [0.5, 0.6) is 0 Å². The maximum atomic E-state index is 13.8. The Bertz CT molecular complexity index is 1340. The van der Waals surface area contributed by atoms with Gasteiger partial charge in [0.05, 0.1) is 11.1 Å². The van der Waals surface area contributed by atoms with Crippen LogP contribution in [0.25, 0.3) is 0 Å². The highest BCUT2D eigenvalue weighted by Crippen LogP contribution is 2.23. The molecule has 0 bridgehead atoms. The van der Waals surface area contributed by atoms with E-state index in [0.717, 1.165) is 16.7 Å². The van der Waals surface area contributed by atoms with E-state index in [0.29, 0.717) is 24.0 Å². The lowest BCUT2D eigenvalue weighted by molar-refractivity contribution is -0.142. The predicted octanol–water partition coefficient (Wildman–Crippen LogP) is 4.93. The third-order valence-electron chi connectivity index (χ3n) is 6.89. The molecule has 0 fully saturated rings.